The monoisotopic (exact) mass is 243 g/mol. The Hall–Kier alpha value is -1.86. The van der Waals surface area contributed by atoms with Gasteiger partial charge in [0.05, 0.1) is 23.1 Å². The maximum absolute atomic E-state index is 12.0. The van der Waals surface area contributed by atoms with Gasteiger partial charge in [-0.1, -0.05) is 12.1 Å². The molecule has 18 heavy (non-hydrogen) atoms. The Bertz CT molecular complexity index is 483. The molecule has 3 N–H and O–H groups in total. The smallest absolute Gasteiger partial charge is 0.227 e. The van der Waals surface area contributed by atoms with E-state index < -0.39 is 0 Å². The Morgan fingerprint density at radius 2 is 2.11 bits per heavy atom. The molecule has 0 saturated heterocycles. The first-order valence-corrected chi connectivity index (χ1v) is 6.12. The van der Waals surface area contributed by atoms with Gasteiger partial charge in [0.1, 0.15) is 0 Å². The van der Waals surface area contributed by atoms with Crippen molar-refractivity contribution in [3.05, 3.63) is 35.4 Å². The summed E-state index contributed by atoms with van der Waals surface area (Å²) < 4.78 is 0. The van der Waals surface area contributed by atoms with Crippen LogP contribution in [-0.2, 0) is 4.79 Å². The average Bonchev–Trinajstić information content (AvgIpc) is 3.19. The van der Waals surface area contributed by atoms with Crippen LogP contribution in [0.3, 0.4) is 0 Å². The molecule has 0 aliphatic heterocycles. The molecular weight excluding hydrogens is 226 g/mol. The lowest BCUT2D eigenvalue weighted by atomic mass is 10.0. The van der Waals surface area contributed by atoms with Gasteiger partial charge >= 0.3 is 0 Å². The van der Waals surface area contributed by atoms with E-state index in [0.29, 0.717) is 12.1 Å². The molecule has 1 aliphatic carbocycles. The van der Waals surface area contributed by atoms with Crippen LogP contribution in [0.15, 0.2) is 24.3 Å². The van der Waals surface area contributed by atoms with Crippen LogP contribution in [-0.4, -0.2) is 12.5 Å². The fourth-order valence-electron chi connectivity index (χ4n) is 1.95. The number of rotatable bonds is 4. The molecule has 0 spiro atoms. The number of nitrogens with two attached hydrogens (primary N) is 1. The van der Waals surface area contributed by atoms with Gasteiger partial charge in [-0.2, -0.15) is 5.26 Å². The number of hydrogen-bond acceptors (Lipinski definition) is 3. The third-order valence-corrected chi connectivity index (χ3v) is 3.61. The van der Waals surface area contributed by atoms with Gasteiger partial charge < -0.3 is 11.1 Å². The van der Waals surface area contributed by atoms with Crippen LogP contribution in [0.1, 0.15) is 36.9 Å². The van der Waals surface area contributed by atoms with Gasteiger partial charge in [-0.15, -0.1) is 0 Å². The van der Waals surface area contributed by atoms with Crippen LogP contribution in [0.25, 0.3) is 0 Å². The van der Waals surface area contributed by atoms with Crippen LogP contribution in [0, 0.1) is 16.7 Å². The standard InChI is InChI=1S/C14H17N3O/c1-10(12-4-2-11(8-15)3-5-12)17-13(18)14(9-16)6-7-14/h2-5,10H,6-7,9,16H2,1H3,(H,17,18). The minimum atomic E-state index is -0.319. The molecule has 2 rings (SSSR count). The molecule has 1 atom stereocenters. The Morgan fingerprint density at radius 1 is 1.50 bits per heavy atom. The quantitative estimate of drug-likeness (QED) is 0.840. The van der Waals surface area contributed by atoms with E-state index in [1.165, 1.54) is 0 Å². The molecule has 1 fully saturated rings. The molecule has 1 aromatic carbocycles. The Morgan fingerprint density at radius 3 is 2.56 bits per heavy atom. The van der Waals surface area contributed by atoms with E-state index in [2.05, 4.69) is 11.4 Å². The molecule has 1 unspecified atom stereocenters. The minimum absolute atomic E-state index is 0.0434. The number of carbonyl (C=O) groups excluding carboxylic acids is 1. The Labute approximate surface area is 107 Å². The van der Waals surface area contributed by atoms with Gasteiger partial charge in [0.25, 0.3) is 0 Å². The van der Waals surface area contributed by atoms with Crippen LogP contribution >= 0.6 is 0 Å². The predicted molar refractivity (Wildman–Crippen MR) is 68.4 cm³/mol. The lowest BCUT2D eigenvalue weighted by Gasteiger charge is -2.18. The van der Waals surface area contributed by atoms with Crippen LogP contribution in [0.5, 0.6) is 0 Å². The molecule has 0 bridgehead atoms. The van der Waals surface area contributed by atoms with Crippen molar-refractivity contribution >= 4 is 5.91 Å². The van der Waals surface area contributed by atoms with Crippen molar-refractivity contribution in [2.45, 2.75) is 25.8 Å². The molecule has 1 saturated carbocycles. The lowest BCUT2D eigenvalue weighted by Crippen LogP contribution is -2.37. The Balaban J connectivity index is 2.01. The van der Waals surface area contributed by atoms with Crippen molar-refractivity contribution in [1.82, 2.24) is 5.32 Å². The van der Waals surface area contributed by atoms with Crippen molar-refractivity contribution < 1.29 is 4.79 Å². The summed E-state index contributed by atoms with van der Waals surface area (Å²) in [6.45, 7) is 2.35. The topological polar surface area (TPSA) is 78.9 Å². The van der Waals surface area contributed by atoms with Crippen molar-refractivity contribution in [3.8, 4) is 6.07 Å². The molecule has 0 heterocycles. The number of nitrogens with zero attached hydrogens (tertiary/aromatic N) is 1. The highest BCUT2D eigenvalue weighted by Crippen LogP contribution is 2.45. The molecule has 0 aromatic heterocycles. The summed E-state index contributed by atoms with van der Waals surface area (Å²) in [6.07, 6.45) is 1.77. The van der Waals surface area contributed by atoms with Crippen LogP contribution < -0.4 is 11.1 Å². The van der Waals surface area contributed by atoms with Crippen molar-refractivity contribution in [3.63, 3.8) is 0 Å². The molecule has 0 radical (unpaired) electrons. The maximum atomic E-state index is 12.0. The zero-order valence-electron chi connectivity index (χ0n) is 10.4. The van der Waals surface area contributed by atoms with Crippen molar-refractivity contribution in [2.75, 3.05) is 6.54 Å². The summed E-state index contributed by atoms with van der Waals surface area (Å²) in [5, 5.41) is 11.7. The number of nitriles is 1. The summed E-state index contributed by atoms with van der Waals surface area (Å²) in [7, 11) is 0. The third kappa shape index (κ3) is 2.36. The maximum Gasteiger partial charge on any atom is 0.227 e. The SMILES string of the molecule is CC(NC(=O)C1(CN)CC1)c1ccc(C#N)cc1. The molecule has 1 amide bonds. The highest BCUT2D eigenvalue weighted by atomic mass is 16.2. The van der Waals surface area contributed by atoms with E-state index in [1.807, 2.05) is 19.1 Å². The number of carbonyl (C=O) groups is 1. The first-order valence-electron chi connectivity index (χ1n) is 6.12. The molecule has 1 aliphatic rings. The van der Waals surface area contributed by atoms with Crippen LogP contribution in [0.2, 0.25) is 0 Å². The fourth-order valence-corrected chi connectivity index (χ4v) is 1.95. The van der Waals surface area contributed by atoms with E-state index in [1.54, 1.807) is 12.1 Å². The highest BCUT2D eigenvalue weighted by Gasteiger charge is 2.48. The number of benzene rings is 1. The van der Waals surface area contributed by atoms with Crippen molar-refractivity contribution in [2.24, 2.45) is 11.1 Å². The predicted octanol–water partition coefficient (Wildman–Crippen LogP) is 1.47. The lowest BCUT2D eigenvalue weighted by molar-refractivity contribution is -0.126. The van der Waals surface area contributed by atoms with Gasteiger partial charge in [-0.25, -0.2) is 0 Å². The molecular formula is C14H17N3O. The summed E-state index contributed by atoms with van der Waals surface area (Å²) >= 11 is 0. The summed E-state index contributed by atoms with van der Waals surface area (Å²) in [4.78, 5) is 12.0. The zero-order valence-corrected chi connectivity index (χ0v) is 10.4. The van der Waals surface area contributed by atoms with Gasteiger partial charge in [-0.3, -0.25) is 4.79 Å². The second-order valence-corrected chi connectivity index (χ2v) is 4.91. The van der Waals surface area contributed by atoms with E-state index >= 15 is 0 Å². The Kier molecular flexibility index (Phi) is 3.35. The third-order valence-electron chi connectivity index (χ3n) is 3.61. The van der Waals surface area contributed by atoms with E-state index in [0.717, 1.165) is 18.4 Å². The summed E-state index contributed by atoms with van der Waals surface area (Å²) in [5.41, 5.74) is 6.93. The first kappa shape index (κ1) is 12.6. The summed E-state index contributed by atoms with van der Waals surface area (Å²) in [5.74, 6) is 0.0434. The minimum Gasteiger partial charge on any atom is -0.349 e. The van der Waals surface area contributed by atoms with Gasteiger partial charge in [0.15, 0.2) is 0 Å². The number of nitrogens with one attached hydrogen (secondary N) is 1. The van der Waals surface area contributed by atoms with Gasteiger partial charge in [0.2, 0.25) is 5.91 Å². The number of hydrogen-bond donors (Lipinski definition) is 2. The van der Waals surface area contributed by atoms with Crippen molar-refractivity contribution in [1.29, 1.82) is 5.26 Å². The van der Waals surface area contributed by atoms with E-state index in [4.69, 9.17) is 11.0 Å². The normalized spacial score (nSPS) is 17.6. The second kappa shape index (κ2) is 4.79. The number of amides is 1. The van der Waals surface area contributed by atoms with Gasteiger partial charge in [0, 0.05) is 6.54 Å². The largest absolute Gasteiger partial charge is 0.349 e. The molecule has 1 aromatic rings. The molecule has 4 heteroatoms. The molecule has 4 nitrogen and oxygen atoms in total. The van der Waals surface area contributed by atoms with E-state index in [-0.39, 0.29) is 17.4 Å². The highest BCUT2D eigenvalue weighted by molar-refractivity contribution is 5.85. The van der Waals surface area contributed by atoms with Crippen LogP contribution in [0.4, 0.5) is 0 Å². The van der Waals surface area contributed by atoms with E-state index in [9.17, 15) is 4.79 Å². The summed E-state index contributed by atoms with van der Waals surface area (Å²) in [6, 6.07) is 9.26. The fraction of sp³-hybridized carbons (Fsp3) is 0.429. The average molecular weight is 243 g/mol. The van der Waals surface area contributed by atoms with Gasteiger partial charge in [-0.05, 0) is 37.5 Å². The second-order valence-electron chi connectivity index (χ2n) is 4.91. The zero-order chi connectivity index (χ0) is 13.2. The molecule has 94 valence electrons. The first-order chi connectivity index (χ1) is 8.61.